The van der Waals surface area contributed by atoms with Crippen molar-refractivity contribution in [1.29, 1.82) is 0 Å². The first-order chi connectivity index (χ1) is 8.64. The van der Waals surface area contributed by atoms with Crippen LogP contribution < -0.4 is 10.0 Å². The van der Waals surface area contributed by atoms with E-state index in [-0.39, 0.29) is 12.3 Å². The molecule has 5 nitrogen and oxygen atoms in total. The Kier molecular flexibility index (Phi) is 7.00. The van der Waals surface area contributed by atoms with Crippen LogP contribution >= 0.6 is 0 Å². The molecule has 6 heteroatoms. The van der Waals surface area contributed by atoms with E-state index < -0.39 is 10.0 Å². The Balaban J connectivity index is 2.12. The highest BCUT2D eigenvalue weighted by molar-refractivity contribution is 7.89. The number of nitrogens with one attached hydrogen (secondary N) is 2. The summed E-state index contributed by atoms with van der Waals surface area (Å²) >= 11 is 0. The SMILES string of the molecule is CCCNCCCCS(=O)(=O)NCc1ccco1. The fraction of sp³-hybridized carbons (Fsp3) is 0.667. The zero-order chi connectivity index (χ0) is 13.3. The summed E-state index contributed by atoms with van der Waals surface area (Å²) in [5.74, 6) is 0.796. The van der Waals surface area contributed by atoms with E-state index in [1.165, 1.54) is 6.26 Å². The second kappa shape index (κ2) is 8.29. The highest BCUT2D eigenvalue weighted by Crippen LogP contribution is 2.01. The normalized spacial score (nSPS) is 11.8. The molecule has 0 radical (unpaired) electrons. The molecule has 2 N–H and O–H groups in total. The van der Waals surface area contributed by atoms with Crippen molar-refractivity contribution in [2.45, 2.75) is 32.7 Å². The molecule has 0 aromatic carbocycles. The molecule has 1 heterocycles. The van der Waals surface area contributed by atoms with Gasteiger partial charge in [-0.1, -0.05) is 6.92 Å². The summed E-state index contributed by atoms with van der Waals surface area (Å²) in [6.07, 6.45) is 4.18. The molecule has 0 amide bonds. The number of hydrogen-bond acceptors (Lipinski definition) is 4. The highest BCUT2D eigenvalue weighted by atomic mass is 32.2. The minimum absolute atomic E-state index is 0.168. The quantitative estimate of drug-likeness (QED) is 0.634. The fourth-order valence-corrected chi connectivity index (χ4v) is 2.60. The minimum atomic E-state index is -3.19. The molecule has 0 saturated heterocycles. The van der Waals surface area contributed by atoms with Crippen LogP contribution in [0, 0.1) is 0 Å². The van der Waals surface area contributed by atoms with Crippen LogP contribution in [0.3, 0.4) is 0 Å². The Bertz CT molecular complexity index is 401. The molecule has 0 aliphatic carbocycles. The first-order valence-electron chi connectivity index (χ1n) is 6.34. The second-order valence-electron chi connectivity index (χ2n) is 4.18. The van der Waals surface area contributed by atoms with Crippen LogP contribution in [0.15, 0.2) is 22.8 Å². The van der Waals surface area contributed by atoms with Crippen LogP contribution in [0.25, 0.3) is 0 Å². The Morgan fingerprint density at radius 2 is 2.11 bits per heavy atom. The smallest absolute Gasteiger partial charge is 0.212 e. The van der Waals surface area contributed by atoms with Crippen molar-refractivity contribution >= 4 is 10.0 Å². The van der Waals surface area contributed by atoms with E-state index in [9.17, 15) is 8.42 Å². The zero-order valence-corrected chi connectivity index (χ0v) is 11.6. The van der Waals surface area contributed by atoms with Crippen molar-refractivity contribution in [3.63, 3.8) is 0 Å². The lowest BCUT2D eigenvalue weighted by molar-refractivity contribution is 0.498. The third-order valence-electron chi connectivity index (χ3n) is 2.49. The maximum absolute atomic E-state index is 11.6. The van der Waals surface area contributed by atoms with Crippen molar-refractivity contribution in [3.05, 3.63) is 24.2 Å². The maximum atomic E-state index is 11.6. The summed E-state index contributed by atoms with van der Waals surface area (Å²) in [7, 11) is -3.19. The van der Waals surface area contributed by atoms with Crippen LogP contribution in [-0.2, 0) is 16.6 Å². The van der Waals surface area contributed by atoms with Gasteiger partial charge in [0.25, 0.3) is 0 Å². The number of hydrogen-bond donors (Lipinski definition) is 2. The van der Waals surface area contributed by atoms with Gasteiger partial charge >= 0.3 is 0 Å². The molecule has 0 unspecified atom stereocenters. The van der Waals surface area contributed by atoms with Gasteiger partial charge in [0.15, 0.2) is 0 Å². The standard InChI is InChI=1S/C12H22N2O3S/c1-2-7-13-8-3-4-10-18(15,16)14-11-12-6-5-9-17-12/h5-6,9,13-14H,2-4,7-8,10-11H2,1H3. The van der Waals surface area contributed by atoms with Crippen LogP contribution in [0.1, 0.15) is 31.9 Å². The van der Waals surface area contributed by atoms with Crippen LogP contribution in [0.4, 0.5) is 0 Å². The van der Waals surface area contributed by atoms with Crippen LogP contribution in [0.2, 0.25) is 0 Å². The molecule has 0 saturated carbocycles. The second-order valence-corrected chi connectivity index (χ2v) is 6.10. The van der Waals surface area contributed by atoms with Gasteiger partial charge in [0.2, 0.25) is 10.0 Å². The van der Waals surface area contributed by atoms with E-state index in [1.807, 2.05) is 0 Å². The monoisotopic (exact) mass is 274 g/mol. The van der Waals surface area contributed by atoms with Crippen LogP contribution in [0.5, 0.6) is 0 Å². The lowest BCUT2D eigenvalue weighted by atomic mass is 10.3. The molecule has 1 aromatic heterocycles. The van der Waals surface area contributed by atoms with Crippen molar-refractivity contribution in [2.75, 3.05) is 18.8 Å². The van der Waals surface area contributed by atoms with E-state index in [1.54, 1.807) is 12.1 Å². The lowest BCUT2D eigenvalue weighted by Gasteiger charge is -2.05. The summed E-state index contributed by atoms with van der Waals surface area (Å²) in [6, 6.07) is 3.49. The molecule has 0 aliphatic heterocycles. The van der Waals surface area contributed by atoms with E-state index in [0.29, 0.717) is 12.2 Å². The van der Waals surface area contributed by atoms with Crippen molar-refractivity contribution in [2.24, 2.45) is 0 Å². The van der Waals surface area contributed by atoms with Crippen LogP contribution in [-0.4, -0.2) is 27.3 Å². The third-order valence-corrected chi connectivity index (χ3v) is 3.90. The summed E-state index contributed by atoms with van der Waals surface area (Å²) in [6.45, 7) is 4.20. The topological polar surface area (TPSA) is 71.3 Å². The predicted octanol–water partition coefficient (Wildman–Crippen LogP) is 1.48. The molecule has 104 valence electrons. The van der Waals surface area contributed by atoms with Crippen molar-refractivity contribution in [1.82, 2.24) is 10.0 Å². The first kappa shape index (κ1) is 15.2. The van der Waals surface area contributed by atoms with E-state index in [4.69, 9.17) is 4.42 Å². The van der Waals surface area contributed by atoms with Gasteiger partial charge < -0.3 is 9.73 Å². The van der Waals surface area contributed by atoms with Gasteiger partial charge in [0.1, 0.15) is 5.76 Å². The Hall–Kier alpha value is -0.850. The Morgan fingerprint density at radius 1 is 1.28 bits per heavy atom. The largest absolute Gasteiger partial charge is 0.468 e. The minimum Gasteiger partial charge on any atom is -0.468 e. The van der Waals surface area contributed by atoms with Gasteiger partial charge in [-0.05, 0) is 44.5 Å². The molecule has 18 heavy (non-hydrogen) atoms. The Labute approximate surface area is 109 Å². The molecular formula is C12H22N2O3S. The predicted molar refractivity (Wildman–Crippen MR) is 71.7 cm³/mol. The zero-order valence-electron chi connectivity index (χ0n) is 10.8. The lowest BCUT2D eigenvalue weighted by Crippen LogP contribution is -2.26. The average molecular weight is 274 g/mol. The number of sulfonamides is 1. The first-order valence-corrected chi connectivity index (χ1v) is 7.99. The van der Waals surface area contributed by atoms with Gasteiger partial charge in [-0.2, -0.15) is 0 Å². The summed E-state index contributed by atoms with van der Waals surface area (Å²) in [4.78, 5) is 0. The number of rotatable bonds is 10. The fourth-order valence-electron chi connectivity index (χ4n) is 1.51. The van der Waals surface area contributed by atoms with Gasteiger partial charge in [-0.15, -0.1) is 0 Å². The average Bonchev–Trinajstić information content (AvgIpc) is 2.84. The summed E-state index contributed by atoms with van der Waals surface area (Å²) < 4.78 is 30.9. The van der Waals surface area contributed by atoms with Gasteiger partial charge in [-0.3, -0.25) is 0 Å². The number of furan rings is 1. The van der Waals surface area contributed by atoms with Crippen molar-refractivity contribution in [3.8, 4) is 0 Å². The Morgan fingerprint density at radius 3 is 2.78 bits per heavy atom. The van der Waals surface area contributed by atoms with Gasteiger partial charge in [0, 0.05) is 0 Å². The molecule has 0 bridgehead atoms. The highest BCUT2D eigenvalue weighted by Gasteiger charge is 2.09. The maximum Gasteiger partial charge on any atom is 0.212 e. The molecule has 0 aliphatic rings. The molecule has 0 spiro atoms. The molecule has 1 rings (SSSR count). The van der Waals surface area contributed by atoms with Gasteiger partial charge in [0.05, 0.1) is 18.6 Å². The van der Waals surface area contributed by atoms with E-state index in [0.717, 1.165) is 25.9 Å². The summed E-state index contributed by atoms with van der Waals surface area (Å²) in [5.41, 5.74) is 0. The van der Waals surface area contributed by atoms with E-state index >= 15 is 0 Å². The molecule has 0 atom stereocenters. The third kappa shape index (κ3) is 6.78. The van der Waals surface area contributed by atoms with Crippen molar-refractivity contribution < 1.29 is 12.8 Å². The molecule has 1 aromatic rings. The van der Waals surface area contributed by atoms with E-state index in [2.05, 4.69) is 17.0 Å². The number of unbranched alkanes of at least 4 members (excludes halogenated alkanes) is 1. The van der Waals surface area contributed by atoms with Gasteiger partial charge in [-0.25, -0.2) is 13.1 Å². The molecular weight excluding hydrogens is 252 g/mol. The summed E-state index contributed by atoms with van der Waals surface area (Å²) in [5, 5.41) is 3.25. The molecule has 0 fully saturated rings.